The SMILES string of the molecule is [2H]C1([2H])N(CCCN2c3ccccc3Sc3ccc(C(F)(F)F)cc32)C([2H])([2H])C([2H])([2H])N(CCC2OCCCO2)C1([2H])[2H]. The van der Waals surface area contributed by atoms with Crippen molar-refractivity contribution in [2.75, 3.05) is 63.7 Å². The molecule has 2 aromatic rings. The monoisotopic (exact) mass is 515 g/mol. The quantitative estimate of drug-likeness (QED) is 0.486. The van der Waals surface area contributed by atoms with Crippen LogP contribution < -0.4 is 4.90 Å². The van der Waals surface area contributed by atoms with Crippen molar-refractivity contribution in [1.29, 1.82) is 0 Å². The van der Waals surface area contributed by atoms with E-state index in [1.165, 1.54) is 17.8 Å². The zero-order valence-corrected chi connectivity index (χ0v) is 19.8. The fourth-order valence-corrected chi connectivity index (χ4v) is 5.17. The van der Waals surface area contributed by atoms with Gasteiger partial charge in [-0.05, 0) is 49.7 Å². The second kappa shape index (κ2) is 11.1. The Morgan fingerprint density at radius 2 is 1.57 bits per heavy atom. The third-order valence-corrected chi connectivity index (χ3v) is 6.97. The third kappa shape index (κ3) is 6.14. The Kier molecular flexibility index (Phi) is 5.34. The van der Waals surface area contributed by atoms with Gasteiger partial charge >= 0.3 is 6.18 Å². The van der Waals surface area contributed by atoms with Crippen LogP contribution in [0.25, 0.3) is 0 Å². The highest BCUT2D eigenvalue weighted by Crippen LogP contribution is 2.49. The van der Waals surface area contributed by atoms with Gasteiger partial charge in [-0.15, -0.1) is 0 Å². The van der Waals surface area contributed by atoms with Crippen molar-refractivity contribution in [2.24, 2.45) is 0 Å². The molecule has 2 aromatic carbocycles. The van der Waals surface area contributed by atoms with Crippen LogP contribution >= 0.6 is 11.8 Å². The molecule has 0 unspecified atom stereocenters. The van der Waals surface area contributed by atoms with Crippen molar-refractivity contribution in [2.45, 2.75) is 41.5 Å². The minimum Gasteiger partial charge on any atom is -0.353 e. The summed E-state index contributed by atoms with van der Waals surface area (Å²) in [6.45, 7) is -11.8. The Balaban J connectivity index is 1.39. The normalized spacial score (nSPS) is 29.2. The Hall–Kier alpha value is -1.78. The largest absolute Gasteiger partial charge is 0.416 e. The lowest BCUT2D eigenvalue weighted by atomic mass is 10.1. The van der Waals surface area contributed by atoms with Crippen LogP contribution in [0.3, 0.4) is 0 Å². The molecule has 0 bridgehead atoms. The zero-order chi connectivity index (χ0) is 31.4. The number of benzene rings is 2. The molecule has 2 fully saturated rings. The van der Waals surface area contributed by atoms with E-state index in [2.05, 4.69) is 0 Å². The second-order valence-electron chi connectivity index (χ2n) is 8.32. The van der Waals surface area contributed by atoms with E-state index in [0.717, 1.165) is 17.0 Å². The molecule has 0 saturated carbocycles. The number of ether oxygens (including phenoxy) is 2. The van der Waals surface area contributed by atoms with Gasteiger partial charge in [-0.25, -0.2) is 0 Å². The summed E-state index contributed by atoms with van der Waals surface area (Å²) in [5, 5.41) is 0. The van der Waals surface area contributed by atoms with Crippen molar-refractivity contribution >= 4 is 23.1 Å². The molecular weight excluding hydrogens is 475 g/mol. The van der Waals surface area contributed by atoms with Crippen LogP contribution in [-0.2, 0) is 15.7 Å². The van der Waals surface area contributed by atoms with Crippen LogP contribution in [0.2, 0.25) is 0 Å². The molecule has 0 aliphatic carbocycles. The average molecular weight is 516 g/mol. The molecule has 5 rings (SSSR count). The number of piperazine rings is 1. The number of para-hydroxylation sites is 1. The highest BCUT2D eigenvalue weighted by molar-refractivity contribution is 7.99. The Morgan fingerprint density at radius 1 is 0.886 bits per heavy atom. The van der Waals surface area contributed by atoms with Gasteiger partial charge in [0.05, 0.1) is 30.2 Å². The van der Waals surface area contributed by atoms with Gasteiger partial charge in [0.15, 0.2) is 6.29 Å². The van der Waals surface area contributed by atoms with Gasteiger partial charge in [0.25, 0.3) is 0 Å². The Labute approximate surface area is 220 Å². The van der Waals surface area contributed by atoms with E-state index in [1.54, 1.807) is 23.1 Å². The van der Waals surface area contributed by atoms with Gasteiger partial charge in [-0.2, -0.15) is 13.2 Å². The molecule has 0 spiro atoms. The number of alkyl halides is 3. The molecule has 0 N–H and O–H groups in total. The summed E-state index contributed by atoms with van der Waals surface area (Å²) >= 11 is 1.32. The van der Waals surface area contributed by atoms with Crippen LogP contribution in [0, 0.1) is 0 Å². The molecule has 0 amide bonds. The highest BCUT2D eigenvalue weighted by Gasteiger charge is 2.33. The average Bonchev–Trinajstić information content (AvgIpc) is 2.93. The molecule has 0 aromatic heterocycles. The van der Waals surface area contributed by atoms with Crippen molar-refractivity contribution < 1.29 is 33.6 Å². The molecule has 0 radical (unpaired) electrons. The van der Waals surface area contributed by atoms with E-state index < -0.39 is 50.6 Å². The summed E-state index contributed by atoms with van der Waals surface area (Å²) < 4.78 is 121. The van der Waals surface area contributed by atoms with Crippen molar-refractivity contribution in [3.63, 3.8) is 0 Å². The predicted octanol–water partition coefficient (Wildman–Crippen LogP) is 5.47. The van der Waals surface area contributed by atoms with Gasteiger partial charge in [0.2, 0.25) is 0 Å². The molecule has 5 nitrogen and oxygen atoms in total. The fourth-order valence-electron chi connectivity index (χ4n) is 4.09. The van der Waals surface area contributed by atoms with E-state index in [0.29, 0.717) is 45.7 Å². The molecular formula is C26H32F3N3O2S. The number of rotatable bonds is 7. The highest BCUT2D eigenvalue weighted by atomic mass is 32.2. The summed E-state index contributed by atoms with van der Waals surface area (Å²) in [5.74, 6) is 0. The van der Waals surface area contributed by atoms with Gasteiger partial charge < -0.3 is 24.2 Å². The van der Waals surface area contributed by atoms with E-state index in [-0.39, 0.29) is 25.9 Å². The molecule has 3 aliphatic heterocycles. The lowest BCUT2D eigenvalue weighted by Gasteiger charge is -2.37. The van der Waals surface area contributed by atoms with Crippen LogP contribution in [0.15, 0.2) is 52.3 Å². The Bertz CT molecular complexity index is 1300. The van der Waals surface area contributed by atoms with E-state index in [4.69, 9.17) is 20.4 Å². The second-order valence-corrected chi connectivity index (χ2v) is 9.40. The lowest BCUT2D eigenvalue weighted by molar-refractivity contribution is -0.183. The zero-order valence-electron chi connectivity index (χ0n) is 27.0. The maximum absolute atomic E-state index is 13.6. The van der Waals surface area contributed by atoms with E-state index >= 15 is 0 Å². The van der Waals surface area contributed by atoms with Gasteiger partial charge in [-0.1, -0.05) is 23.9 Å². The number of hydrogen-bond acceptors (Lipinski definition) is 6. The number of hydrogen-bond donors (Lipinski definition) is 0. The van der Waals surface area contributed by atoms with Crippen molar-refractivity contribution in [1.82, 2.24) is 9.80 Å². The number of fused-ring (bicyclic) bond motifs is 2. The summed E-state index contributed by atoms with van der Waals surface area (Å²) in [7, 11) is 0. The van der Waals surface area contributed by atoms with E-state index in [1.807, 2.05) is 6.07 Å². The number of halogens is 3. The summed E-state index contributed by atoms with van der Waals surface area (Å²) in [5.41, 5.74) is 0.102. The third-order valence-electron chi connectivity index (χ3n) is 5.84. The maximum Gasteiger partial charge on any atom is 0.416 e. The molecule has 0 atom stereocenters. The summed E-state index contributed by atoms with van der Waals surface area (Å²) in [6.07, 6.45) is -4.62. The van der Waals surface area contributed by atoms with E-state index in [9.17, 15) is 13.2 Å². The summed E-state index contributed by atoms with van der Waals surface area (Å²) in [4.78, 5) is 4.16. The van der Waals surface area contributed by atoms with Crippen LogP contribution in [0.4, 0.5) is 24.5 Å². The molecule has 9 heteroatoms. The fraction of sp³-hybridized carbons (Fsp3) is 0.538. The van der Waals surface area contributed by atoms with Crippen LogP contribution in [0.5, 0.6) is 0 Å². The number of nitrogens with zero attached hydrogens (tertiary/aromatic N) is 3. The number of anilines is 2. The standard InChI is InChI=1S/C26H32F3N3O2S/c27-26(28,29)20-7-8-24-22(19-20)32(21-5-1-2-6-23(21)35-24)11-3-10-30-13-15-31(16-14-30)12-9-25-33-17-4-18-34-25/h1-2,5-8,19,25H,3-4,9-18H2/i13D2,14D2,15D2,16D2. The van der Waals surface area contributed by atoms with Crippen molar-refractivity contribution in [3.05, 3.63) is 48.0 Å². The molecule has 2 saturated heterocycles. The molecule has 190 valence electrons. The first kappa shape index (κ1) is 16.9. The Morgan fingerprint density at radius 3 is 2.31 bits per heavy atom. The molecule has 3 aliphatic rings. The first-order chi connectivity index (χ1) is 20.0. The van der Waals surface area contributed by atoms with Gasteiger partial charge in [-0.3, -0.25) is 0 Å². The topological polar surface area (TPSA) is 28.2 Å². The minimum absolute atomic E-state index is 0.0103. The summed E-state index contributed by atoms with van der Waals surface area (Å²) in [6, 6.07) is 10.6. The van der Waals surface area contributed by atoms with Crippen LogP contribution in [0.1, 0.15) is 35.8 Å². The van der Waals surface area contributed by atoms with Gasteiger partial charge in [0, 0.05) is 66.3 Å². The lowest BCUT2D eigenvalue weighted by Crippen LogP contribution is -2.47. The molecule has 3 heterocycles. The van der Waals surface area contributed by atoms with Gasteiger partial charge in [0.1, 0.15) is 0 Å². The van der Waals surface area contributed by atoms with Crippen LogP contribution in [-0.4, -0.2) is 74.9 Å². The first-order valence-corrected chi connectivity index (χ1v) is 12.4. The minimum atomic E-state index is -4.57. The predicted molar refractivity (Wildman–Crippen MR) is 131 cm³/mol. The molecule has 35 heavy (non-hydrogen) atoms. The van der Waals surface area contributed by atoms with Crippen molar-refractivity contribution in [3.8, 4) is 0 Å². The smallest absolute Gasteiger partial charge is 0.353 e. The maximum atomic E-state index is 13.6. The first-order valence-electron chi connectivity index (χ1n) is 15.5.